The van der Waals surface area contributed by atoms with Crippen LogP contribution in [0.15, 0.2) is 0 Å². The minimum atomic E-state index is 0.181. The molecule has 0 radical (unpaired) electrons. The number of likely N-dealkylation sites (tertiary alicyclic amines) is 1. The fraction of sp³-hybridized carbons (Fsp3) is 0.933. The SMILES string of the molecule is CCOC1CC(N2CCC(=O)C(C)C2C)C1(C)C. The molecule has 3 heteroatoms. The predicted octanol–water partition coefficient (Wildman–Crippen LogP) is 2.49. The maximum absolute atomic E-state index is 11.8. The van der Waals surface area contributed by atoms with Gasteiger partial charge in [-0.15, -0.1) is 0 Å². The summed E-state index contributed by atoms with van der Waals surface area (Å²) in [5.74, 6) is 0.609. The molecule has 0 spiro atoms. The molecule has 1 heterocycles. The molecular weight excluding hydrogens is 226 g/mol. The van der Waals surface area contributed by atoms with Gasteiger partial charge in [-0.3, -0.25) is 9.69 Å². The standard InChI is InChI=1S/C15H27NO2/c1-6-18-14-9-13(15(14,4)5)16-8-7-12(17)10(2)11(16)3/h10-11,13-14H,6-9H2,1-5H3. The third kappa shape index (κ3) is 2.12. The number of ether oxygens (including phenoxy) is 1. The maximum atomic E-state index is 11.8. The average Bonchev–Trinajstić information content (AvgIpc) is 2.33. The smallest absolute Gasteiger partial charge is 0.138 e. The van der Waals surface area contributed by atoms with E-state index in [1.165, 1.54) is 0 Å². The van der Waals surface area contributed by atoms with Gasteiger partial charge in [0.25, 0.3) is 0 Å². The summed E-state index contributed by atoms with van der Waals surface area (Å²) < 4.78 is 5.80. The van der Waals surface area contributed by atoms with Crippen molar-refractivity contribution in [2.45, 2.75) is 65.6 Å². The lowest BCUT2D eigenvalue weighted by atomic mass is 9.62. The molecule has 1 aliphatic heterocycles. The molecule has 0 aromatic rings. The number of carbonyl (C=O) groups is 1. The van der Waals surface area contributed by atoms with Crippen molar-refractivity contribution in [3.05, 3.63) is 0 Å². The Morgan fingerprint density at radius 3 is 2.61 bits per heavy atom. The minimum Gasteiger partial charge on any atom is -0.378 e. The summed E-state index contributed by atoms with van der Waals surface area (Å²) in [4.78, 5) is 14.3. The highest BCUT2D eigenvalue weighted by atomic mass is 16.5. The lowest BCUT2D eigenvalue weighted by molar-refractivity contribution is -0.167. The van der Waals surface area contributed by atoms with E-state index < -0.39 is 0 Å². The number of piperidine rings is 1. The van der Waals surface area contributed by atoms with Gasteiger partial charge in [0.15, 0.2) is 0 Å². The second kappa shape index (κ2) is 4.93. The summed E-state index contributed by atoms with van der Waals surface area (Å²) in [6.45, 7) is 12.7. The van der Waals surface area contributed by atoms with E-state index >= 15 is 0 Å². The van der Waals surface area contributed by atoms with Crippen LogP contribution in [0.2, 0.25) is 0 Å². The molecule has 2 rings (SSSR count). The van der Waals surface area contributed by atoms with E-state index in [0.717, 1.165) is 26.0 Å². The third-order valence-corrected chi connectivity index (χ3v) is 5.27. The molecule has 2 fully saturated rings. The molecule has 0 bridgehead atoms. The lowest BCUT2D eigenvalue weighted by Gasteiger charge is -2.58. The summed E-state index contributed by atoms with van der Waals surface area (Å²) >= 11 is 0. The van der Waals surface area contributed by atoms with Gasteiger partial charge in [0.05, 0.1) is 6.10 Å². The van der Waals surface area contributed by atoms with Crippen molar-refractivity contribution in [3.8, 4) is 0 Å². The second-order valence-electron chi connectivity index (χ2n) is 6.50. The first kappa shape index (κ1) is 14.0. The maximum Gasteiger partial charge on any atom is 0.138 e. The molecule has 0 aromatic heterocycles. The predicted molar refractivity (Wildman–Crippen MR) is 72.6 cm³/mol. The topological polar surface area (TPSA) is 29.5 Å². The van der Waals surface area contributed by atoms with Crippen LogP contribution in [0.25, 0.3) is 0 Å². The molecule has 0 N–H and O–H groups in total. The summed E-state index contributed by atoms with van der Waals surface area (Å²) in [7, 11) is 0. The Labute approximate surface area is 111 Å². The minimum absolute atomic E-state index is 0.181. The second-order valence-corrected chi connectivity index (χ2v) is 6.50. The monoisotopic (exact) mass is 253 g/mol. The molecule has 2 aliphatic rings. The quantitative estimate of drug-likeness (QED) is 0.774. The molecule has 4 atom stereocenters. The van der Waals surface area contributed by atoms with Crippen LogP contribution < -0.4 is 0 Å². The highest BCUT2D eigenvalue weighted by molar-refractivity contribution is 5.82. The van der Waals surface area contributed by atoms with Gasteiger partial charge in [0.2, 0.25) is 0 Å². The van der Waals surface area contributed by atoms with E-state index in [2.05, 4.69) is 39.5 Å². The first-order chi connectivity index (χ1) is 8.39. The van der Waals surface area contributed by atoms with E-state index in [1.807, 2.05) is 0 Å². The summed E-state index contributed by atoms with van der Waals surface area (Å²) in [6.07, 6.45) is 2.22. The molecular formula is C15H27NO2. The number of Topliss-reactive ketones (excluding diaryl/α,β-unsaturated/α-hetero) is 1. The van der Waals surface area contributed by atoms with Crippen LogP contribution in [-0.2, 0) is 9.53 Å². The van der Waals surface area contributed by atoms with E-state index in [-0.39, 0.29) is 11.3 Å². The van der Waals surface area contributed by atoms with Crippen LogP contribution in [0.1, 0.15) is 47.5 Å². The molecule has 4 unspecified atom stereocenters. The number of nitrogens with zero attached hydrogens (tertiary/aromatic N) is 1. The molecule has 1 saturated heterocycles. The van der Waals surface area contributed by atoms with E-state index in [4.69, 9.17) is 4.74 Å². The lowest BCUT2D eigenvalue weighted by Crippen LogP contribution is -2.66. The van der Waals surface area contributed by atoms with Gasteiger partial charge >= 0.3 is 0 Å². The van der Waals surface area contributed by atoms with Crippen LogP contribution in [0.4, 0.5) is 0 Å². The van der Waals surface area contributed by atoms with E-state index in [1.54, 1.807) is 0 Å². The zero-order valence-corrected chi connectivity index (χ0v) is 12.4. The Morgan fingerprint density at radius 1 is 1.39 bits per heavy atom. The Hall–Kier alpha value is -0.410. The fourth-order valence-electron chi connectivity index (χ4n) is 3.58. The highest BCUT2D eigenvalue weighted by Gasteiger charge is 2.53. The van der Waals surface area contributed by atoms with Crippen molar-refractivity contribution < 1.29 is 9.53 Å². The summed E-state index contributed by atoms with van der Waals surface area (Å²) in [5.41, 5.74) is 0.213. The van der Waals surface area contributed by atoms with Crippen molar-refractivity contribution in [2.75, 3.05) is 13.2 Å². The number of carbonyl (C=O) groups excluding carboxylic acids is 1. The first-order valence-electron chi connectivity index (χ1n) is 7.29. The van der Waals surface area contributed by atoms with Gasteiger partial charge < -0.3 is 4.74 Å². The molecule has 1 saturated carbocycles. The van der Waals surface area contributed by atoms with Gasteiger partial charge in [-0.25, -0.2) is 0 Å². The normalized spacial score (nSPS) is 40.6. The molecule has 3 nitrogen and oxygen atoms in total. The Balaban J connectivity index is 2.03. The van der Waals surface area contributed by atoms with Crippen molar-refractivity contribution in [1.29, 1.82) is 0 Å². The van der Waals surface area contributed by atoms with E-state index in [0.29, 0.717) is 24.0 Å². The number of hydrogen-bond donors (Lipinski definition) is 0. The zero-order chi connectivity index (χ0) is 13.5. The summed E-state index contributed by atoms with van der Waals surface area (Å²) in [5, 5.41) is 0. The van der Waals surface area contributed by atoms with Crippen molar-refractivity contribution >= 4 is 5.78 Å². The molecule has 104 valence electrons. The number of ketones is 1. The largest absolute Gasteiger partial charge is 0.378 e. The highest BCUT2D eigenvalue weighted by Crippen LogP contribution is 2.47. The van der Waals surface area contributed by atoms with E-state index in [9.17, 15) is 4.79 Å². The zero-order valence-electron chi connectivity index (χ0n) is 12.4. The van der Waals surface area contributed by atoms with Gasteiger partial charge in [-0.05, 0) is 20.3 Å². The van der Waals surface area contributed by atoms with Crippen LogP contribution in [-0.4, -0.2) is 42.0 Å². The Bertz CT molecular complexity index is 326. The molecule has 0 aromatic carbocycles. The number of rotatable bonds is 3. The Kier molecular flexibility index (Phi) is 3.84. The van der Waals surface area contributed by atoms with Crippen LogP contribution >= 0.6 is 0 Å². The third-order valence-electron chi connectivity index (χ3n) is 5.27. The van der Waals surface area contributed by atoms with Crippen LogP contribution in [0, 0.1) is 11.3 Å². The van der Waals surface area contributed by atoms with Gasteiger partial charge in [-0.1, -0.05) is 20.8 Å². The fourth-order valence-corrected chi connectivity index (χ4v) is 3.58. The Morgan fingerprint density at radius 2 is 2.06 bits per heavy atom. The molecule has 0 amide bonds. The van der Waals surface area contributed by atoms with Crippen molar-refractivity contribution in [3.63, 3.8) is 0 Å². The van der Waals surface area contributed by atoms with Gasteiger partial charge in [0, 0.05) is 43.0 Å². The first-order valence-corrected chi connectivity index (χ1v) is 7.29. The van der Waals surface area contributed by atoms with Crippen molar-refractivity contribution in [2.24, 2.45) is 11.3 Å². The molecule has 18 heavy (non-hydrogen) atoms. The summed E-state index contributed by atoms with van der Waals surface area (Å²) in [6, 6.07) is 0.942. The van der Waals surface area contributed by atoms with Gasteiger partial charge in [0.1, 0.15) is 5.78 Å². The van der Waals surface area contributed by atoms with Gasteiger partial charge in [-0.2, -0.15) is 0 Å². The van der Waals surface area contributed by atoms with Crippen molar-refractivity contribution in [1.82, 2.24) is 4.90 Å². The van der Waals surface area contributed by atoms with Crippen LogP contribution in [0.3, 0.4) is 0 Å². The molecule has 1 aliphatic carbocycles. The number of hydrogen-bond acceptors (Lipinski definition) is 3. The average molecular weight is 253 g/mol. The van der Waals surface area contributed by atoms with Crippen LogP contribution in [0.5, 0.6) is 0 Å².